The van der Waals surface area contributed by atoms with E-state index in [-0.39, 0.29) is 12.3 Å². The highest BCUT2D eigenvalue weighted by Crippen LogP contribution is 2.22. The summed E-state index contributed by atoms with van der Waals surface area (Å²) >= 11 is 5.92. The highest BCUT2D eigenvalue weighted by atomic mass is 35.5. The molecule has 0 bridgehead atoms. The summed E-state index contributed by atoms with van der Waals surface area (Å²) in [6.07, 6.45) is 3.03. The number of halogens is 1. The number of hydrogen-bond donors (Lipinski definition) is 0. The highest BCUT2D eigenvalue weighted by molar-refractivity contribution is 6.31. The first-order chi connectivity index (χ1) is 9.16. The molecular weight excluding hydrogens is 264 g/mol. The molecule has 1 aromatic carbocycles. The third-order valence-corrected chi connectivity index (χ3v) is 3.49. The van der Waals surface area contributed by atoms with Gasteiger partial charge < -0.3 is 4.42 Å². The molecule has 0 radical (unpaired) electrons. The standard InChI is InChI=1S/C14H11ClN2O2/c1-9-12(15)6-16-17(9)7-13(18)11-8-19-14-5-3-2-4-10(11)14/h2-6,8H,7H2,1H3. The van der Waals surface area contributed by atoms with E-state index >= 15 is 0 Å². The molecule has 3 rings (SSSR count). The highest BCUT2D eigenvalue weighted by Gasteiger charge is 2.15. The van der Waals surface area contributed by atoms with Crippen molar-refractivity contribution in [3.8, 4) is 0 Å². The van der Waals surface area contributed by atoms with Crippen LogP contribution in [0.2, 0.25) is 5.02 Å². The monoisotopic (exact) mass is 274 g/mol. The van der Waals surface area contributed by atoms with Gasteiger partial charge in [0.2, 0.25) is 0 Å². The van der Waals surface area contributed by atoms with Gasteiger partial charge in [-0.1, -0.05) is 29.8 Å². The van der Waals surface area contributed by atoms with E-state index in [1.165, 1.54) is 12.5 Å². The number of para-hydroxylation sites is 1. The summed E-state index contributed by atoms with van der Waals surface area (Å²) in [5.41, 5.74) is 2.06. The minimum atomic E-state index is -0.0483. The zero-order chi connectivity index (χ0) is 13.4. The first-order valence-corrected chi connectivity index (χ1v) is 6.22. The van der Waals surface area contributed by atoms with Gasteiger partial charge in [-0.25, -0.2) is 0 Å². The van der Waals surface area contributed by atoms with Gasteiger partial charge in [0.15, 0.2) is 5.78 Å². The Hall–Kier alpha value is -2.07. The second-order valence-corrected chi connectivity index (χ2v) is 4.71. The summed E-state index contributed by atoms with van der Waals surface area (Å²) in [7, 11) is 0. The van der Waals surface area contributed by atoms with Crippen molar-refractivity contribution >= 4 is 28.4 Å². The molecule has 4 nitrogen and oxygen atoms in total. The molecule has 0 atom stereocenters. The molecule has 2 heterocycles. The number of aromatic nitrogens is 2. The minimum absolute atomic E-state index is 0.0483. The van der Waals surface area contributed by atoms with Crippen LogP contribution in [0.3, 0.4) is 0 Å². The summed E-state index contributed by atoms with van der Waals surface area (Å²) in [4.78, 5) is 12.3. The van der Waals surface area contributed by atoms with Crippen LogP contribution in [0.25, 0.3) is 11.0 Å². The average molecular weight is 275 g/mol. The van der Waals surface area contributed by atoms with Crippen LogP contribution in [0.5, 0.6) is 0 Å². The quantitative estimate of drug-likeness (QED) is 0.687. The van der Waals surface area contributed by atoms with Crippen molar-refractivity contribution in [2.75, 3.05) is 0 Å². The lowest BCUT2D eigenvalue weighted by atomic mass is 10.1. The van der Waals surface area contributed by atoms with E-state index in [1.54, 1.807) is 4.68 Å². The molecule has 0 N–H and O–H groups in total. The number of nitrogens with zero attached hydrogens (tertiary/aromatic N) is 2. The van der Waals surface area contributed by atoms with Gasteiger partial charge in [-0.2, -0.15) is 5.10 Å². The third kappa shape index (κ3) is 2.04. The van der Waals surface area contributed by atoms with Crippen LogP contribution >= 0.6 is 11.6 Å². The van der Waals surface area contributed by atoms with Crippen molar-refractivity contribution in [1.29, 1.82) is 0 Å². The topological polar surface area (TPSA) is 48.0 Å². The minimum Gasteiger partial charge on any atom is -0.464 e. The van der Waals surface area contributed by atoms with Crippen LogP contribution < -0.4 is 0 Å². The molecule has 0 aliphatic rings. The summed E-state index contributed by atoms with van der Waals surface area (Å²) in [5, 5.41) is 5.46. The molecule has 3 aromatic rings. The molecule has 5 heteroatoms. The predicted molar refractivity (Wildman–Crippen MR) is 72.5 cm³/mol. The van der Waals surface area contributed by atoms with E-state index < -0.39 is 0 Å². The molecule has 0 amide bonds. The van der Waals surface area contributed by atoms with Gasteiger partial charge in [-0.05, 0) is 13.0 Å². The van der Waals surface area contributed by atoms with Crippen LogP contribution in [-0.2, 0) is 6.54 Å². The zero-order valence-electron chi connectivity index (χ0n) is 10.3. The second kappa shape index (κ2) is 4.55. The van der Waals surface area contributed by atoms with Gasteiger partial charge >= 0.3 is 0 Å². The predicted octanol–water partition coefficient (Wildman–Crippen LogP) is 3.47. The number of carbonyl (C=O) groups excluding carboxylic acids is 1. The molecule has 0 saturated heterocycles. The molecule has 0 aliphatic heterocycles. The first kappa shape index (κ1) is 12.0. The Morgan fingerprint density at radius 3 is 2.95 bits per heavy atom. The van der Waals surface area contributed by atoms with Gasteiger partial charge in [0.1, 0.15) is 18.4 Å². The van der Waals surface area contributed by atoms with Crippen LogP contribution in [0.4, 0.5) is 0 Å². The van der Waals surface area contributed by atoms with Crippen molar-refractivity contribution in [3.63, 3.8) is 0 Å². The van der Waals surface area contributed by atoms with Crippen LogP contribution in [-0.4, -0.2) is 15.6 Å². The number of furan rings is 1. The van der Waals surface area contributed by atoms with Gasteiger partial charge in [-0.15, -0.1) is 0 Å². The fourth-order valence-electron chi connectivity index (χ4n) is 2.00. The summed E-state index contributed by atoms with van der Waals surface area (Å²) in [6.45, 7) is 1.98. The number of Topliss-reactive ketones (excluding diaryl/α,β-unsaturated/α-hetero) is 1. The van der Waals surface area contributed by atoms with Crippen molar-refractivity contribution in [2.45, 2.75) is 13.5 Å². The normalized spacial score (nSPS) is 11.1. The van der Waals surface area contributed by atoms with Crippen molar-refractivity contribution in [3.05, 3.63) is 53.0 Å². The van der Waals surface area contributed by atoms with Gasteiger partial charge in [0.25, 0.3) is 0 Å². The molecule has 2 aromatic heterocycles. The maximum absolute atomic E-state index is 12.3. The number of ketones is 1. The number of rotatable bonds is 3. The van der Waals surface area contributed by atoms with E-state index in [9.17, 15) is 4.79 Å². The van der Waals surface area contributed by atoms with Crippen LogP contribution in [0.1, 0.15) is 16.1 Å². The molecule has 0 fully saturated rings. The lowest BCUT2D eigenvalue weighted by Crippen LogP contribution is -2.12. The summed E-state index contributed by atoms with van der Waals surface area (Å²) in [6, 6.07) is 7.46. The molecule has 0 saturated carbocycles. The van der Waals surface area contributed by atoms with Crippen molar-refractivity contribution in [1.82, 2.24) is 9.78 Å². The summed E-state index contributed by atoms with van der Waals surface area (Å²) in [5.74, 6) is -0.0483. The SMILES string of the molecule is Cc1c(Cl)cnn1CC(=O)c1coc2ccccc12. The molecular formula is C14H11ClN2O2. The Balaban J connectivity index is 1.94. The van der Waals surface area contributed by atoms with Crippen molar-refractivity contribution < 1.29 is 9.21 Å². The molecule has 0 aliphatic carbocycles. The third-order valence-electron chi connectivity index (χ3n) is 3.12. The Kier molecular flexibility index (Phi) is 2.87. The lowest BCUT2D eigenvalue weighted by molar-refractivity contribution is 0.0967. The molecule has 0 unspecified atom stereocenters. The zero-order valence-corrected chi connectivity index (χ0v) is 11.0. The van der Waals surface area contributed by atoms with E-state index in [1.807, 2.05) is 31.2 Å². The van der Waals surface area contributed by atoms with Gasteiger partial charge in [-0.3, -0.25) is 9.48 Å². The maximum atomic E-state index is 12.3. The molecule has 19 heavy (non-hydrogen) atoms. The van der Waals surface area contributed by atoms with E-state index in [0.717, 1.165) is 11.1 Å². The van der Waals surface area contributed by atoms with Gasteiger partial charge in [0, 0.05) is 5.39 Å². The number of fused-ring (bicyclic) bond motifs is 1. The molecule has 96 valence electrons. The van der Waals surface area contributed by atoms with E-state index in [2.05, 4.69) is 5.10 Å². The second-order valence-electron chi connectivity index (χ2n) is 4.30. The Morgan fingerprint density at radius 1 is 1.42 bits per heavy atom. The lowest BCUT2D eigenvalue weighted by Gasteiger charge is -2.02. The largest absolute Gasteiger partial charge is 0.464 e. The fourth-order valence-corrected chi connectivity index (χ4v) is 2.14. The smallest absolute Gasteiger partial charge is 0.188 e. The molecule has 0 spiro atoms. The average Bonchev–Trinajstić information content (AvgIpc) is 2.97. The van der Waals surface area contributed by atoms with E-state index in [4.69, 9.17) is 16.0 Å². The first-order valence-electron chi connectivity index (χ1n) is 5.84. The Morgan fingerprint density at radius 2 is 2.21 bits per heavy atom. The fraction of sp³-hybridized carbons (Fsp3) is 0.143. The number of benzene rings is 1. The maximum Gasteiger partial charge on any atom is 0.188 e. The number of hydrogen-bond acceptors (Lipinski definition) is 3. The van der Waals surface area contributed by atoms with E-state index in [0.29, 0.717) is 16.2 Å². The summed E-state index contributed by atoms with van der Waals surface area (Å²) < 4.78 is 6.96. The van der Waals surface area contributed by atoms with Crippen molar-refractivity contribution in [2.24, 2.45) is 0 Å². The van der Waals surface area contributed by atoms with Crippen LogP contribution in [0, 0.1) is 6.92 Å². The Bertz CT molecular complexity index is 758. The Labute approximate surface area is 114 Å². The van der Waals surface area contributed by atoms with Gasteiger partial charge in [0.05, 0.1) is 22.5 Å². The number of carbonyl (C=O) groups is 1. The van der Waals surface area contributed by atoms with Crippen LogP contribution in [0.15, 0.2) is 41.1 Å².